The Bertz CT molecular complexity index is 765. The van der Waals surface area contributed by atoms with Crippen molar-refractivity contribution in [3.63, 3.8) is 0 Å². The van der Waals surface area contributed by atoms with Crippen LogP contribution in [0.2, 0.25) is 5.02 Å². The second kappa shape index (κ2) is 7.60. The first-order valence-corrected chi connectivity index (χ1v) is 10.7. The van der Waals surface area contributed by atoms with Crippen molar-refractivity contribution in [2.75, 3.05) is 13.1 Å². The smallest absolute Gasteiger partial charge is 0.410 e. The lowest BCUT2D eigenvalue weighted by Crippen LogP contribution is -2.46. The molecule has 1 aromatic rings. The van der Waals surface area contributed by atoms with Crippen molar-refractivity contribution < 1.29 is 9.53 Å². The lowest BCUT2D eigenvalue weighted by molar-refractivity contribution is 0.0249. The fourth-order valence-corrected chi connectivity index (χ4v) is 4.33. The van der Waals surface area contributed by atoms with Gasteiger partial charge in [-0.2, -0.15) is 0 Å². The number of rotatable bonds is 2. The van der Waals surface area contributed by atoms with Crippen molar-refractivity contribution in [1.29, 1.82) is 0 Å². The van der Waals surface area contributed by atoms with Gasteiger partial charge in [-0.1, -0.05) is 23.7 Å². The van der Waals surface area contributed by atoms with Gasteiger partial charge in [0.05, 0.1) is 6.04 Å². The number of hydrogen-bond acceptors (Lipinski definition) is 4. The molecule has 6 heteroatoms. The fraction of sp³-hybridized carbons (Fsp3) is 0.591. The van der Waals surface area contributed by atoms with Gasteiger partial charge in [0, 0.05) is 36.3 Å². The Hall–Kier alpha value is -1.72. The quantitative estimate of drug-likeness (QED) is 0.751. The van der Waals surface area contributed by atoms with Crippen molar-refractivity contribution in [2.45, 2.75) is 70.6 Å². The molecule has 1 unspecified atom stereocenters. The minimum Gasteiger partial charge on any atom is -0.444 e. The molecule has 3 aliphatic rings. The van der Waals surface area contributed by atoms with Crippen LogP contribution >= 0.6 is 11.6 Å². The van der Waals surface area contributed by atoms with Crippen LogP contribution in [0, 0.1) is 0 Å². The highest BCUT2D eigenvalue weighted by molar-refractivity contribution is 6.30. The van der Waals surface area contributed by atoms with Gasteiger partial charge in [0.2, 0.25) is 0 Å². The van der Waals surface area contributed by atoms with Crippen LogP contribution in [0.4, 0.5) is 4.79 Å². The maximum atomic E-state index is 12.6. The molecule has 28 heavy (non-hydrogen) atoms. The van der Waals surface area contributed by atoms with E-state index in [1.165, 1.54) is 36.1 Å². The summed E-state index contributed by atoms with van der Waals surface area (Å²) in [5.41, 5.74) is 7.30. The molecule has 1 aliphatic carbocycles. The normalized spacial score (nSPS) is 23.4. The van der Waals surface area contributed by atoms with Crippen LogP contribution in [0.25, 0.3) is 0 Å². The standard InChI is InChI=1S/C22H30ClN3O2/c1-22(2,3)28-21(27)25-13-11-18-19(12-14-25)26(17-5-4-6-17)24-20(18)15-7-9-16(23)10-8-15/h7-10,17,20,24H,4-6,11-14H2,1-3H3. The van der Waals surface area contributed by atoms with E-state index in [0.717, 1.165) is 17.9 Å². The van der Waals surface area contributed by atoms with Crippen molar-refractivity contribution in [3.05, 3.63) is 46.1 Å². The topological polar surface area (TPSA) is 44.8 Å². The zero-order chi connectivity index (χ0) is 19.9. The van der Waals surface area contributed by atoms with Crippen LogP contribution in [-0.2, 0) is 4.74 Å². The molecule has 1 amide bonds. The first-order valence-electron chi connectivity index (χ1n) is 10.3. The Labute approximate surface area is 172 Å². The summed E-state index contributed by atoms with van der Waals surface area (Å²) in [7, 11) is 0. The molecule has 152 valence electrons. The van der Waals surface area contributed by atoms with E-state index in [-0.39, 0.29) is 12.1 Å². The number of carbonyl (C=O) groups is 1. The third-order valence-corrected chi connectivity index (χ3v) is 6.09. The Balaban J connectivity index is 1.55. The number of nitrogens with zero attached hydrogens (tertiary/aromatic N) is 2. The molecule has 0 aromatic heterocycles. The number of hydrazine groups is 1. The van der Waals surface area contributed by atoms with Gasteiger partial charge in [-0.05, 0) is 69.7 Å². The lowest BCUT2D eigenvalue weighted by Gasteiger charge is -2.38. The monoisotopic (exact) mass is 403 g/mol. The summed E-state index contributed by atoms with van der Waals surface area (Å²) in [4.78, 5) is 14.5. The molecular formula is C22H30ClN3O2. The van der Waals surface area contributed by atoms with Gasteiger partial charge in [0.25, 0.3) is 0 Å². The van der Waals surface area contributed by atoms with Crippen LogP contribution in [-0.4, -0.2) is 40.7 Å². The van der Waals surface area contributed by atoms with E-state index in [4.69, 9.17) is 16.3 Å². The van der Waals surface area contributed by atoms with Gasteiger partial charge in [-0.25, -0.2) is 10.2 Å². The van der Waals surface area contributed by atoms with E-state index in [0.29, 0.717) is 19.1 Å². The maximum Gasteiger partial charge on any atom is 0.410 e. The SMILES string of the molecule is CC(C)(C)OC(=O)N1CCC2=C(CC1)N(C1CCC1)NC2c1ccc(Cl)cc1. The second-order valence-electron chi connectivity index (χ2n) is 9.01. The maximum absolute atomic E-state index is 12.6. The number of ether oxygens (including phenoxy) is 1. The van der Waals surface area contributed by atoms with Crippen LogP contribution in [0.1, 0.15) is 64.5 Å². The van der Waals surface area contributed by atoms with E-state index in [9.17, 15) is 4.79 Å². The fourth-order valence-electron chi connectivity index (χ4n) is 4.20. The minimum absolute atomic E-state index is 0.159. The first-order chi connectivity index (χ1) is 13.3. The van der Waals surface area contributed by atoms with Gasteiger partial charge in [-0.3, -0.25) is 0 Å². The minimum atomic E-state index is -0.467. The predicted molar refractivity (Wildman–Crippen MR) is 111 cm³/mol. The third kappa shape index (κ3) is 4.01. The molecule has 2 heterocycles. The van der Waals surface area contributed by atoms with Gasteiger partial charge in [-0.15, -0.1) is 0 Å². The summed E-state index contributed by atoms with van der Waals surface area (Å²) >= 11 is 6.10. The largest absolute Gasteiger partial charge is 0.444 e. The number of hydrogen-bond donors (Lipinski definition) is 1. The van der Waals surface area contributed by atoms with Gasteiger partial charge < -0.3 is 14.6 Å². The molecule has 5 nitrogen and oxygen atoms in total. The molecule has 1 fully saturated rings. The van der Waals surface area contributed by atoms with Crippen LogP contribution < -0.4 is 5.43 Å². The van der Waals surface area contributed by atoms with E-state index in [1.807, 2.05) is 37.8 Å². The summed E-state index contributed by atoms with van der Waals surface area (Å²) in [6.45, 7) is 7.14. The molecule has 1 atom stereocenters. The van der Waals surface area contributed by atoms with Crippen molar-refractivity contribution in [2.24, 2.45) is 0 Å². The Kier molecular flexibility index (Phi) is 5.32. The molecule has 0 radical (unpaired) electrons. The van der Waals surface area contributed by atoms with E-state index >= 15 is 0 Å². The van der Waals surface area contributed by atoms with Gasteiger partial charge in [0.15, 0.2) is 0 Å². The van der Waals surface area contributed by atoms with Crippen molar-refractivity contribution >= 4 is 17.7 Å². The van der Waals surface area contributed by atoms with Gasteiger partial charge >= 0.3 is 6.09 Å². The van der Waals surface area contributed by atoms with Crippen LogP contribution in [0.5, 0.6) is 0 Å². The lowest BCUT2D eigenvalue weighted by atomic mass is 9.91. The number of amides is 1. The summed E-state index contributed by atoms with van der Waals surface area (Å²) in [5.74, 6) is 0. The third-order valence-electron chi connectivity index (χ3n) is 5.84. The molecule has 4 rings (SSSR count). The van der Waals surface area contributed by atoms with E-state index in [1.54, 1.807) is 0 Å². The second-order valence-corrected chi connectivity index (χ2v) is 9.44. The molecule has 1 saturated carbocycles. The average Bonchev–Trinajstić information content (AvgIpc) is 2.77. The van der Waals surface area contributed by atoms with Crippen LogP contribution in [0.15, 0.2) is 35.5 Å². The molecule has 1 N–H and O–H groups in total. The molecule has 1 aromatic carbocycles. The first kappa shape index (κ1) is 19.6. The average molecular weight is 404 g/mol. The molecule has 0 bridgehead atoms. The number of benzene rings is 1. The highest BCUT2D eigenvalue weighted by atomic mass is 35.5. The molecule has 2 aliphatic heterocycles. The number of carbonyl (C=O) groups excluding carboxylic acids is 1. The summed E-state index contributed by atoms with van der Waals surface area (Å²) in [6.07, 6.45) is 5.26. The zero-order valence-corrected chi connectivity index (χ0v) is 17.8. The van der Waals surface area contributed by atoms with Crippen molar-refractivity contribution in [1.82, 2.24) is 15.3 Å². The number of halogens is 1. The highest BCUT2D eigenvalue weighted by Gasteiger charge is 2.39. The molecule has 0 spiro atoms. The van der Waals surface area contributed by atoms with E-state index < -0.39 is 5.60 Å². The van der Waals surface area contributed by atoms with E-state index in [2.05, 4.69) is 22.6 Å². The predicted octanol–water partition coefficient (Wildman–Crippen LogP) is 5.04. The molecule has 0 saturated heterocycles. The highest BCUT2D eigenvalue weighted by Crippen LogP contribution is 2.41. The number of nitrogens with one attached hydrogen (secondary N) is 1. The van der Waals surface area contributed by atoms with Gasteiger partial charge in [0.1, 0.15) is 5.60 Å². The van der Waals surface area contributed by atoms with Crippen molar-refractivity contribution in [3.8, 4) is 0 Å². The zero-order valence-electron chi connectivity index (χ0n) is 17.0. The Morgan fingerprint density at radius 3 is 2.43 bits per heavy atom. The Morgan fingerprint density at radius 2 is 1.82 bits per heavy atom. The van der Waals surface area contributed by atoms with Crippen LogP contribution in [0.3, 0.4) is 0 Å². The summed E-state index contributed by atoms with van der Waals surface area (Å²) in [6, 6.07) is 8.83. The Morgan fingerprint density at radius 1 is 1.14 bits per heavy atom. The molecular weight excluding hydrogens is 374 g/mol. The summed E-state index contributed by atoms with van der Waals surface area (Å²) in [5, 5.41) is 3.15. The summed E-state index contributed by atoms with van der Waals surface area (Å²) < 4.78 is 5.61.